The van der Waals surface area contributed by atoms with Crippen LogP contribution in [0.3, 0.4) is 0 Å². The van der Waals surface area contributed by atoms with Crippen LogP contribution in [0.5, 0.6) is 0 Å². The largest absolute Gasteiger partial charge is 0.126 e. The summed E-state index contributed by atoms with van der Waals surface area (Å²) < 4.78 is 0. The van der Waals surface area contributed by atoms with Gasteiger partial charge in [0.15, 0.2) is 0 Å². The van der Waals surface area contributed by atoms with Crippen LogP contribution in [0.2, 0.25) is 5.02 Å². The summed E-state index contributed by atoms with van der Waals surface area (Å²) in [5.74, 6) is 1.76. The van der Waals surface area contributed by atoms with Crippen LogP contribution in [0.25, 0.3) is 0 Å². The van der Waals surface area contributed by atoms with Gasteiger partial charge in [-0.25, -0.2) is 0 Å². The van der Waals surface area contributed by atoms with Gasteiger partial charge in [-0.1, -0.05) is 37.6 Å². The van der Waals surface area contributed by atoms with Crippen LogP contribution in [0.4, 0.5) is 0 Å². The third-order valence-corrected chi connectivity index (χ3v) is 4.25. The van der Waals surface area contributed by atoms with Crippen LogP contribution in [0, 0.1) is 11.3 Å². The first-order valence-corrected chi connectivity index (χ1v) is 7.32. The molecule has 0 atom stereocenters. The molecular formula is C14H19Cl3. The normalized spacial score (nSPS) is 12.1. The summed E-state index contributed by atoms with van der Waals surface area (Å²) in [6, 6.07) is 7.94. The number of hydrogen-bond donors (Lipinski definition) is 0. The molecule has 0 heterocycles. The smallest absolute Gasteiger partial charge is 0.0408 e. The van der Waals surface area contributed by atoms with E-state index in [9.17, 15) is 0 Å². The number of alkyl halides is 2. The Hall–Kier alpha value is 0.0900. The van der Waals surface area contributed by atoms with Gasteiger partial charge in [0.25, 0.3) is 0 Å². The van der Waals surface area contributed by atoms with E-state index in [0.717, 1.165) is 17.9 Å². The average molecular weight is 294 g/mol. The number of halogens is 3. The van der Waals surface area contributed by atoms with Crippen LogP contribution >= 0.6 is 34.8 Å². The van der Waals surface area contributed by atoms with Crippen molar-refractivity contribution in [3.63, 3.8) is 0 Å². The van der Waals surface area contributed by atoms with Gasteiger partial charge in [0.2, 0.25) is 0 Å². The number of hydrogen-bond acceptors (Lipinski definition) is 0. The zero-order valence-corrected chi connectivity index (χ0v) is 12.6. The Morgan fingerprint density at radius 1 is 1.18 bits per heavy atom. The topological polar surface area (TPSA) is 0 Å². The Balaban J connectivity index is 2.85. The molecule has 0 N–H and O–H groups in total. The molecule has 0 saturated heterocycles. The lowest BCUT2D eigenvalue weighted by molar-refractivity contribution is 0.295. The van der Waals surface area contributed by atoms with Crippen LogP contribution in [-0.2, 0) is 6.42 Å². The Labute approximate surface area is 119 Å². The highest BCUT2D eigenvalue weighted by Crippen LogP contribution is 2.34. The fourth-order valence-electron chi connectivity index (χ4n) is 2.26. The highest BCUT2D eigenvalue weighted by Gasteiger charge is 2.29. The highest BCUT2D eigenvalue weighted by molar-refractivity contribution is 6.30. The summed E-state index contributed by atoms with van der Waals surface area (Å²) in [6.07, 6.45) is 1.92. The fraction of sp³-hybridized carbons (Fsp3) is 0.571. The van der Waals surface area contributed by atoms with Crippen molar-refractivity contribution in [3.05, 3.63) is 34.9 Å². The van der Waals surface area contributed by atoms with Crippen molar-refractivity contribution in [1.29, 1.82) is 0 Å². The van der Waals surface area contributed by atoms with Gasteiger partial charge < -0.3 is 0 Å². The molecular weight excluding hydrogens is 275 g/mol. The molecule has 1 rings (SSSR count). The zero-order valence-electron chi connectivity index (χ0n) is 10.3. The predicted molar refractivity (Wildman–Crippen MR) is 78.5 cm³/mol. The summed E-state index contributed by atoms with van der Waals surface area (Å²) in [5, 5.41) is 0.769. The van der Waals surface area contributed by atoms with E-state index in [1.165, 1.54) is 5.56 Å². The Morgan fingerprint density at radius 2 is 1.82 bits per heavy atom. The Morgan fingerprint density at radius 3 is 2.29 bits per heavy atom. The van der Waals surface area contributed by atoms with E-state index >= 15 is 0 Å². The van der Waals surface area contributed by atoms with Gasteiger partial charge in [-0.05, 0) is 36.5 Å². The van der Waals surface area contributed by atoms with Crippen LogP contribution in [0.15, 0.2) is 24.3 Å². The molecule has 96 valence electrons. The van der Waals surface area contributed by atoms with Crippen molar-refractivity contribution >= 4 is 34.8 Å². The van der Waals surface area contributed by atoms with E-state index in [1.54, 1.807) is 0 Å². The van der Waals surface area contributed by atoms with Crippen molar-refractivity contribution < 1.29 is 0 Å². The van der Waals surface area contributed by atoms with Crippen molar-refractivity contribution in [2.75, 3.05) is 11.8 Å². The molecule has 0 spiro atoms. The van der Waals surface area contributed by atoms with Crippen molar-refractivity contribution in [2.45, 2.75) is 26.7 Å². The molecule has 0 aliphatic carbocycles. The highest BCUT2D eigenvalue weighted by atomic mass is 35.5. The fourth-order valence-corrected chi connectivity index (χ4v) is 3.16. The van der Waals surface area contributed by atoms with Crippen molar-refractivity contribution in [1.82, 2.24) is 0 Å². The van der Waals surface area contributed by atoms with E-state index in [-0.39, 0.29) is 5.41 Å². The predicted octanol–water partition coefficient (Wildman–Crippen LogP) is 5.39. The van der Waals surface area contributed by atoms with Gasteiger partial charge in [-0.3, -0.25) is 0 Å². The molecule has 0 saturated carbocycles. The first-order chi connectivity index (χ1) is 8.01. The molecule has 0 aliphatic rings. The molecule has 0 bridgehead atoms. The van der Waals surface area contributed by atoms with E-state index in [0.29, 0.717) is 17.7 Å². The maximum Gasteiger partial charge on any atom is 0.0408 e. The van der Waals surface area contributed by atoms with Crippen molar-refractivity contribution in [2.24, 2.45) is 11.3 Å². The number of rotatable bonds is 6. The minimum absolute atomic E-state index is 0.0258. The lowest BCUT2D eigenvalue weighted by Crippen LogP contribution is -2.30. The molecule has 1 aromatic rings. The summed E-state index contributed by atoms with van der Waals surface area (Å²) in [4.78, 5) is 0. The molecule has 0 aliphatic heterocycles. The minimum atomic E-state index is -0.0258. The maximum absolute atomic E-state index is 6.14. The lowest BCUT2D eigenvalue weighted by atomic mass is 9.78. The maximum atomic E-state index is 6.14. The molecule has 0 radical (unpaired) electrons. The molecule has 0 nitrogen and oxygen atoms in total. The van der Waals surface area contributed by atoms with Gasteiger partial charge in [0.05, 0.1) is 0 Å². The first kappa shape index (κ1) is 15.1. The quantitative estimate of drug-likeness (QED) is 0.617. The molecule has 0 unspecified atom stereocenters. The van der Waals surface area contributed by atoms with Gasteiger partial charge in [0.1, 0.15) is 0 Å². The standard InChI is InChI=1S/C14H19Cl3/c1-11(2)7-14(9-15,10-16)8-12-4-3-5-13(17)6-12/h3-6,11H,7-10H2,1-2H3. The van der Waals surface area contributed by atoms with E-state index < -0.39 is 0 Å². The third kappa shape index (κ3) is 4.69. The summed E-state index contributed by atoms with van der Waals surface area (Å²) in [5.41, 5.74) is 1.18. The summed E-state index contributed by atoms with van der Waals surface area (Å²) in [6.45, 7) is 4.40. The number of benzene rings is 1. The second kappa shape index (κ2) is 6.87. The SMILES string of the molecule is CC(C)CC(CCl)(CCl)Cc1cccc(Cl)c1. The second-order valence-electron chi connectivity index (χ2n) is 5.17. The second-order valence-corrected chi connectivity index (χ2v) is 6.14. The molecule has 0 fully saturated rings. The monoisotopic (exact) mass is 292 g/mol. The van der Waals surface area contributed by atoms with E-state index in [2.05, 4.69) is 19.9 Å². The molecule has 0 amide bonds. The average Bonchev–Trinajstić information content (AvgIpc) is 2.27. The van der Waals surface area contributed by atoms with Gasteiger partial charge in [0, 0.05) is 22.2 Å². The lowest BCUT2D eigenvalue weighted by Gasteiger charge is -2.31. The van der Waals surface area contributed by atoms with Crippen LogP contribution in [0.1, 0.15) is 25.8 Å². The molecule has 1 aromatic carbocycles. The third-order valence-electron chi connectivity index (χ3n) is 2.88. The van der Waals surface area contributed by atoms with Crippen LogP contribution < -0.4 is 0 Å². The molecule has 17 heavy (non-hydrogen) atoms. The van der Waals surface area contributed by atoms with E-state index in [4.69, 9.17) is 34.8 Å². The van der Waals surface area contributed by atoms with Crippen molar-refractivity contribution in [3.8, 4) is 0 Å². The van der Waals surface area contributed by atoms with Gasteiger partial charge >= 0.3 is 0 Å². The van der Waals surface area contributed by atoms with E-state index in [1.807, 2.05) is 18.2 Å². The molecule has 0 aromatic heterocycles. The van der Waals surface area contributed by atoms with Crippen LogP contribution in [-0.4, -0.2) is 11.8 Å². The Kier molecular flexibility index (Phi) is 6.12. The Bertz CT molecular complexity index is 343. The van der Waals surface area contributed by atoms with Gasteiger partial charge in [-0.15, -0.1) is 23.2 Å². The minimum Gasteiger partial charge on any atom is -0.126 e. The zero-order chi connectivity index (χ0) is 12.9. The first-order valence-electron chi connectivity index (χ1n) is 5.88. The summed E-state index contributed by atoms with van der Waals surface area (Å²) in [7, 11) is 0. The molecule has 3 heteroatoms. The summed E-state index contributed by atoms with van der Waals surface area (Å²) >= 11 is 18.3. The van der Waals surface area contributed by atoms with Gasteiger partial charge in [-0.2, -0.15) is 0 Å².